The zero-order valence-electron chi connectivity index (χ0n) is 18.4. The largest absolute Gasteiger partial charge is 0.330 e. The Morgan fingerprint density at radius 3 is 1.81 bits per heavy atom. The second-order valence-corrected chi connectivity index (χ2v) is 8.19. The third kappa shape index (κ3) is 6.46. The summed E-state index contributed by atoms with van der Waals surface area (Å²) in [6.45, 7) is 2.55. The monoisotopic (exact) mass is 422 g/mol. The van der Waals surface area contributed by atoms with Crippen molar-refractivity contribution in [3.8, 4) is 22.3 Å². The van der Waals surface area contributed by atoms with E-state index in [1.807, 2.05) is 37.4 Å². The van der Waals surface area contributed by atoms with Crippen LogP contribution in [0.4, 0.5) is 8.78 Å². The number of benzene rings is 3. The molecule has 3 N–H and O–H groups in total. The molecule has 0 saturated carbocycles. The van der Waals surface area contributed by atoms with Gasteiger partial charge in [-0.15, -0.1) is 0 Å². The molecular formula is C27H32F2N2. The molecule has 0 radical (unpaired) electrons. The summed E-state index contributed by atoms with van der Waals surface area (Å²) in [5, 5.41) is 3.16. The molecule has 0 heterocycles. The van der Waals surface area contributed by atoms with E-state index in [9.17, 15) is 8.78 Å². The molecule has 0 aliphatic carbocycles. The zero-order chi connectivity index (χ0) is 22.3. The first-order valence-electron chi connectivity index (χ1n) is 11.0. The number of hydrogen-bond acceptors (Lipinski definition) is 2. The van der Waals surface area contributed by atoms with Crippen LogP contribution in [0.15, 0.2) is 66.7 Å². The van der Waals surface area contributed by atoms with E-state index in [0.29, 0.717) is 6.54 Å². The maximum Gasteiger partial charge on any atom is 0.270 e. The fraction of sp³-hybridized carbons (Fsp3) is 0.333. The summed E-state index contributed by atoms with van der Waals surface area (Å²) < 4.78 is 28.7. The molecule has 2 nitrogen and oxygen atoms in total. The number of nitrogens with two attached hydrogens (primary N) is 1. The lowest BCUT2D eigenvalue weighted by molar-refractivity contribution is 0.0175. The lowest BCUT2D eigenvalue weighted by atomic mass is 9.92. The van der Waals surface area contributed by atoms with Gasteiger partial charge in [-0.1, -0.05) is 48.5 Å². The highest BCUT2D eigenvalue weighted by molar-refractivity contribution is 5.75. The Morgan fingerprint density at radius 2 is 1.32 bits per heavy atom. The van der Waals surface area contributed by atoms with Gasteiger partial charge in [0.2, 0.25) is 0 Å². The first-order chi connectivity index (χ1) is 14.9. The fourth-order valence-electron chi connectivity index (χ4n) is 3.80. The number of aryl methyl sites for hydroxylation is 2. The van der Waals surface area contributed by atoms with Crippen molar-refractivity contribution in [2.45, 2.75) is 38.5 Å². The van der Waals surface area contributed by atoms with E-state index in [1.54, 1.807) is 12.1 Å². The van der Waals surface area contributed by atoms with Crippen molar-refractivity contribution in [3.05, 3.63) is 83.4 Å². The van der Waals surface area contributed by atoms with Crippen LogP contribution in [0, 0.1) is 0 Å². The molecule has 0 fully saturated rings. The third-order valence-corrected chi connectivity index (χ3v) is 5.52. The van der Waals surface area contributed by atoms with Crippen LogP contribution in [0.1, 0.15) is 36.5 Å². The van der Waals surface area contributed by atoms with E-state index in [2.05, 4.69) is 29.6 Å². The maximum absolute atomic E-state index is 14.4. The van der Waals surface area contributed by atoms with Gasteiger partial charge in [-0.2, -0.15) is 0 Å². The molecule has 0 aliphatic rings. The van der Waals surface area contributed by atoms with Crippen LogP contribution in [-0.4, -0.2) is 20.1 Å². The topological polar surface area (TPSA) is 38.0 Å². The highest BCUT2D eigenvalue weighted by atomic mass is 19.3. The fourth-order valence-corrected chi connectivity index (χ4v) is 3.80. The van der Waals surface area contributed by atoms with Gasteiger partial charge in [0.25, 0.3) is 5.92 Å². The van der Waals surface area contributed by atoms with Crippen molar-refractivity contribution in [1.82, 2.24) is 5.32 Å². The summed E-state index contributed by atoms with van der Waals surface area (Å²) in [5.74, 6) is -2.91. The maximum atomic E-state index is 14.4. The SMILES string of the molecule is CNCCCc1cccc(-c2cc(-c3cccc(CCCN)c3)cc(C(C)(F)F)c2)c1. The predicted octanol–water partition coefficient (Wildman–Crippen LogP) is 6.18. The molecule has 3 aromatic carbocycles. The van der Waals surface area contributed by atoms with E-state index < -0.39 is 5.92 Å². The van der Waals surface area contributed by atoms with Crippen LogP contribution in [0.3, 0.4) is 0 Å². The Bertz CT molecular complexity index is 993. The molecule has 0 unspecified atom stereocenters. The summed E-state index contributed by atoms with van der Waals surface area (Å²) in [4.78, 5) is 0. The number of alkyl halides is 2. The minimum atomic E-state index is -2.91. The number of hydrogen-bond donors (Lipinski definition) is 2. The molecule has 0 atom stereocenters. The second-order valence-electron chi connectivity index (χ2n) is 8.19. The van der Waals surface area contributed by atoms with E-state index in [-0.39, 0.29) is 5.56 Å². The van der Waals surface area contributed by atoms with Crippen molar-refractivity contribution in [3.63, 3.8) is 0 Å². The van der Waals surface area contributed by atoms with Crippen molar-refractivity contribution in [1.29, 1.82) is 0 Å². The van der Waals surface area contributed by atoms with Crippen LogP contribution in [0.2, 0.25) is 0 Å². The van der Waals surface area contributed by atoms with Crippen molar-refractivity contribution >= 4 is 0 Å². The standard InChI is InChI=1S/C27H32F2N2/c1-27(28,29)26-18-24(22-11-3-7-20(15-22)9-5-13-30)17-25(19-26)23-12-4-8-21(16-23)10-6-14-31-2/h3-4,7-8,11-12,15-19,31H,5-6,9-10,13-14,30H2,1-2H3. The summed E-state index contributed by atoms with van der Waals surface area (Å²) in [6, 6.07) is 21.6. The van der Waals surface area contributed by atoms with Crippen LogP contribution < -0.4 is 11.1 Å². The third-order valence-electron chi connectivity index (χ3n) is 5.52. The summed E-state index contributed by atoms with van der Waals surface area (Å²) >= 11 is 0. The molecule has 31 heavy (non-hydrogen) atoms. The molecule has 3 rings (SSSR count). The number of halogens is 2. The van der Waals surface area contributed by atoms with E-state index in [1.165, 1.54) is 11.1 Å². The van der Waals surface area contributed by atoms with Crippen LogP contribution in [0.5, 0.6) is 0 Å². The Labute approximate surface area is 184 Å². The molecule has 0 saturated heterocycles. The molecule has 0 amide bonds. The second kappa shape index (κ2) is 10.7. The van der Waals surface area contributed by atoms with Gasteiger partial charge < -0.3 is 11.1 Å². The first kappa shape index (κ1) is 23.1. The van der Waals surface area contributed by atoms with E-state index >= 15 is 0 Å². The molecule has 4 heteroatoms. The highest BCUT2D eigenvalue weighted by Gasteiger charge is 2.25. The normalized spacial score (nSPS) is 11.6. The van der Waals surface area contributed by atoms with E-state index in [0.717, 1.165) is 61.4 Å². The van der Waals surface area contributed by atoms with Crippen molar-refractivity contribution in [2.24, 2.45) is 5.73 Å². The van der Waals surface area contributed by atoms with Crippen molar-refractivity contribution < 1.29 is 8.78 Å². The quantitative estimate of drug-likeness (QED) is 0.383. The van der Waals surface area contributed by atoms with Gasteiger partial charge in [-0.05, 0) is 97.4 Å². The van der Waals surface area contributed by atoms with Gasteiger partial charge in [0.15, 0.2) is 0 Å². The zero-order valence-corrected chi connectivity index (χ0v) is 18.4. The average molecular weight is 423 g/mol. The average Bonchev–Trinajstić information content (AvgIpc) is 2.77. The Balaban J connectivity index is 2.02. The molecule has 0 bridgehead atoms. The van der Waals surface area contributed by atoms with Gasteiger partial charge in [0.1, 0.15) is 0 Å². The summed E-state index contributed by atoms with van der Waals surface area (Å²) in [7, 11) is 1.94. The predicted molar refractivity (Wildman–Crippen MR) is 127 cm³/mol. The summed E-state index contributed by atoms with van der Waals surface area (Å²) in [6.07, 6.45) is 3.78. The van der Waals surface area contributed by atoms with Crippen molar-refractivity contribution in [2.75, 3.05) is 20.1 Å². The lowest BCUT2D eigenvalue weighted by Crippen LogP contribution is -2.08. The summed E-state index contributed by atoms with van der Waals surface area (Å²) in [5.41, 5.74) is 11.6. The molecular weight excluding hydrogens is 390 g/mol. The smallest absolute Gasteiger partial charge is 0.270 e. The number of rotatable bonds is 10. The Kier molecular flexibility index (Phi) is 7.94. The van der Waals surface area contributed by atoms with E-state index in [4.69, 9.17) is 5.73 Å². The van der Waals surface area contributed by atoms with Crippen LogP contribution in [-0.2, 0) is 18.8 Å². The first-order valence-corrected chi connectivity index (χ1v) is 11.0. The molecule has 0 spiro atoms. The highest BCUT2D eigenvalue weighted by Crippen LogP contribution is 2.35. The van der Waals surface area contributed by atoms with Gasteiger partial charge in [0, 0.05) is 12.5 Å². The molecule has 0 aliphatic heterocycles. The Hall–Kier alpha value is -2.56. The van der Waals surface area contributed by atoms with Gasteiger partial charge in [0.05, 0.1) is 0 Å². The lowest BCUT2D eigenvalue weighted by Gasteiger charge is -2.16. The van der Waals surface area contributed by atoms with Gasteiger partial charge in [-0.3, -0.25) is 0 Å². The molecule has 3 aromatic rings. The molecule has 0 aromatic heterocycles. The minimum Gasteiger partial charge on any atom is -0.330 e. The van der Waals surface area contributed by atoms with Crippen LogP contribution >= 0.6 is 0 Å². The van der Waals surface area contributed by atoms with Gasteiger partial charge >= 0.3 is 0 Å². The Morgan fingerprint density at radius 1 is 0.774 bits per heavy atom. The van der Waals surface area contributed by atoms with Gasteiger partial charge in [-0.25, -0.2) is 8.78 Å². The number of nitrogens with one attached hydrogen (secondary N) is 1. The molecule has 164 valence electrons. The van der Waals surface area contributed by atoms with Crippen LogP contribution in [0.25, 0.3) is 22.3 Å². The minimum absolute atomic E-state index is 0.0351.